The molecule has 2 aromatic carbocycles. The maximum absolute atomic E-state index is 12.6. The molecule has 2 atom stereocenters. The molecule has 3 aliphatic rings. The molecule has 1 aliphatic carbocycles. The lowest BCUT2D eigenvalue weighted by molar-refractivity contribution is -0.117. The summed E-state index contributed by atoms with van der Waals surface area (Å²) in [5, 5.41) is 3.09. The van der Waals surface area contributed by atoms with Crippen LogP contribution in [0, 0.1) is 0 Å². The van der Waals surface area contributed by atoms with E-state index < -0.39 is 0 Å². The number of nitrogens with one attached hydrogen (secondary N) is 1. The fourth-order valence-corrected chi connectivity index (χ4v) is 5.65. The number of amides is 2. The quantitative estimate of drug-likeness (QED) is 0.517. The molecule has 1 saturated heterocycles. The molecule has 5 rings (SSSR count). The van der Waals surface area contributed by atoms with E-state index in [0.29, 0.717) is 6.42 Å². The lowest BCUT2D eigenvalue weighted by atomic mass is 9.89. The molecule has 2 aliphatic heterocycles. The highest BCUT2D eigenvalue weighted by Gasteiger charge is 2.34. The Balaban J connectivity index is 0.00000304. The third kappa shape index (κ3) is 5.87. The summed E-state index contributed by atoms with van der Waals surface area (Å²) < 4.78 is 5.57. The van der Waals surface area contributed by atoms with Crippen LogP contribution in [0.4, 0.5) is 10.5 Å². The zero-order valence-electron chi connectivity index (χ0n) is 21.4. The van der Waals surface area contributed by atoms with E-state index in [4.69, 9.17) is 4.74 Å². The monoisotopic (exact) mass is 511 g/mol. The summed E-state index contributed by atoms with van der Waals surface area (Å²) in [6.07, 6.45) is 7.29. The third-order valence-electron chi connectivity index (χ3n) is 7.78. The van der Waals surface area contributed by atoms with E-state index in [-0.39, 0.29) is 42.6 Å². The van der Waals surface area contributed by atoms with Gasteiger partial charge >= 0.3 is 6.09 Å². The van der Waals surface area contributed by atoms with Gasteiger partial charge < -0.3 is 15.0 Å². The Bertz CT molecular complexity index is 1060. The summed E-state index contributed by atoms with van der Waals surface area (Å²) >= 11 is 0. The van der Waals surface area contributed by atoms with Gasteiger partial charge in [0.2, 0.25) is 5.91 Å². The maximum Gasteiger partial charge on any atom is 0.407 e. The molecule has 0 aromatic heterocycles. The van der Waals surface area contributed by atoms with Crippen molar-refractivity contribution in [2.45, 2.75) is 83.5 Å². The van der Waals surface area contributed by atoms with Crippen molar-refractivity contribution in [2.24, 2.45) is 0 Å². The summed E-state index contributed by atoms with van der Waals surface area (Å²) in [4.78, 5) is 29.4. The third-order valence-corrected chi connectivity index (χ3v) is 7.78. The molecule has 0 spiro atoms. The lowest BCUT2D eigenvalue weighted by Gasteiger charge is -2.39. The van der Waals surface area contributed by atoms with Crippen molar-refractivity contribution in [1.82, 2.24) is 10.2 Å². The average Bonchev–Trinajstić information content (AvgIpc) is 2.82. The molecular formula is C29H38ClN3O3. The molecule has 0 radical (unpaired) electrons. The first kappa shape index (κ1) is 26.5. The number of likely N-dealkylation sites (tertiary alicyclic amines) is 1. The second kappa shape index (κ2) is 11.7. The predicted molar refractivity (Wildman–Crippen MR) is 145 cm³/mol. The Hall–Kier alpha value is -2.57. The van der Waals surface area contributed by atoms with E-state index in [9.17, 15) is 9.59 Å². The van der Waals surface area contributed by atoms with Gasteiger partial charge in [0.05, 0.1) is 6.04 Å². The van der Waals surface area contributed by atoms with Crippen LogP contribution < -0.4 is 10.2 Å². The van der Waals surface area contributed by atoms with Crippen molar-refractivity contribution in [3.63, 3.8) is 0 Å². The summed E-state index contributed by atoms with van der Waals surface area (Å²) in [6.45, 7) is 7.02. The minimum Gasteiger partial charge on any atom is -0.446 e. The number of anilines is 1. The molecule has 7 heteroatoms. The first-order valence-corrected chi connectivity index (χ1v) is 13.2. The second-order valence-electron chi connectivity index (χ2n) is 10.4. The van der Waals surface area contributed by atoms with E-state index in [1.165, 1.54) is 37.9 Å². The van der Waals surface area contributed by atoms with Gasteiger partial charge in [0, 0.05) is 25.2 Å². The number of carbonyl (C=O) groups is 2. The highest BCUT2D eigenvalue weighted by atomic mass is 35.5. The van der Waals surface area contributed by atoms with Crippen LogP contribution in [0.3, 0.4) is 0 Å². The van der Waals surface area contributed by atoms with Crippen molar-refractivity contribution in [3.05, 3.63) is 53.6 Å². The molecule has 2 fully saturated rings. The number of nitrogens with zero attached hydrogens (tertiary/aromatic N) is 2. The van der Waals surface area contributed by atoms with Gasteiger partial charge in [-0.2, -0.15) is 0 Å². The SMILES string of the molecule is CC(=O)N1c2ccc(-c3ccc(CN4CCCCC4)cc3)cc2[C@H](NC(=O)OC2CCC2)C[C@@H]1C.Cl. The normalized spacial score (nSPS) is 22.1. The molecule has 1 N–H and O–H groups in total. The highest BCUT2D eigenvalue weighted by molar-refractivity contribution is 5.94. The molecular weight excluding hydrogens is 474 g/mol. The number of alkyl carbamates (subject to hydrolysis) is 1. The minimum atomic E-state index is -0.360. The summed E-state index contributed by atoms with van der Waals surface area (Å²) in [7, 11) is 0. The minimum absolute atomic E-state index is 0. The molecule has 1 saturated carbocycles. The van der Waals surface area contributed by atoms with Crippen molar-refractivity contribution in [3.8, 4) is 11.1 Å². The van der Waals surface area contributed by atoms with Gasteiger partial charge in [-0.05, 0) is 92.9 Å². The molecule has 36 heavy (non-hydrogen) atoms. The smallest absolute Gasteiger partial charge is 0.407 e. The number of rotatable bonds is 5. The van der Waals surface area contributed by atoms with Crippen molar-refractivity contribution >= 4 is 30.1 Å². The Labute approximate surface area is 220 Å². The number of carbonyl (C=O) groups excluding carboxylic acids is 2. The number of piperidine rings is 1. The fraction of sp³-hybridized carbons (Fsp3) is 0.517. The van der Waals surface area contributed by atoms with Crippen LogP contribution in [0.15, 0.2) is 42.5 Å². The van der Waals surface area contributed by atoms with E-state index in [1.807, 2.05) is 17.9 Å². The largest absolute Gasteiger partial charge is 0.446 e. The van der Waals surface area contributed by atoms with Crippen molar-refractivity contribution < 1.29 is 14.3 Å². The van der Waals surface area contributed by atoms with Crippen molar-refractivity contribution in [2.75, 3.05) is 18.0 Å². The molecule has 6 nitrogen and oxygen atoms in total. The Morgan fingerprint density at radius 3 is 2.31 bits per heavy atom. The van der Waals surface area contributed by atoms with Gasteiger partial charge in [0.25, 0.3) is 0 Å². The molecule has 0 bridgehead atoms. The topological polar surface area (TPSA) is 61.9 Å². The predicted octanol–water partition coefficient (Wildman–Crippen LogP) is 6.23. The van der Waals surface area contributed by atoms with Gasteiger partial charge in [0.15, 0.2) is 0 Å². The van der Waals surface area contributed by atoms with E-state index >= 15 is 0 Å². The maximum atomic E-state index is 12.6. The van der Waals surface area contributed by atoms with E-state index in [1.54, 1.807) is 6.92 Å². The Morgan fingerprint density at radius 1 is 0.972 bits per heavy atom. The molecule has 194 valence electrons. The van der Waals surface area contributed by atoms with Gasteiger partial charge in [-0.1, -0.05) is 36.8 Å². The van der Waals surface area contributed by atoms with E-state index in [0.717, 1.165) is 48.2 Å². The zero-order valence-corrected chi connectivity index (χ0v) is 22.2. The number of hydrogen-bond donors (Lipinski definition) is 1. The van der Waals surface area contributed by atoms with Gasteiger partial charge in [0.1, 0.15) is 6.10 Å². The molecule has 2 amide bonds. The number of hydrogen-bond acceptors (Lipinski definition) is 4. The van der Waals surface area contributed by atoms with Crippen molar-refractivity contribution in [1.29, 1.82) is 0 Å². The zero-order chi connectivity index (χ0) is 24.4. The number of benzene rings is 2. The molecule has 2 heterocycles. The average molecular weight is 512 g/mol. The van der Waals surface area contributed by atoms with Gasteiger partial charge in [-0.15, -0.1) is 12.4 Å². The Morgan fingerprint density at radius 2 is 1.67 bits per heavy atom. The summed E-state index contributed by atoms with van der Waals surface area (Å²) in [5.41, 5.74) is 5.40. The van der Waals surface area contributed by atoms with Crippen LogP contribution in [0.2, 0.25) is 0 Å². The summed E-state index contributed by atoms with van der Waals surface area (Å²) in [6, 6.07) is 14.8. The van der Waals surface area contributed by atoms with Crippen LogP contribution in [0.5, 0.6) is 0 Å². The van der Waals surface area contributed by atoms with Crippen LogP contribution in [0.25, 0.3) is 11.1 Å². The highest BCUT2D eigenvalue weighted by Crippen LogP contribution is 2.40. The fourth-order valence-electron chi connectivity index (χ4n) is 5.65. The van der Waals surface area contributed by atoms with Crippen LogP contribution in [-0.4, -0.2) is 42.1 Å². The van der Waals surface area contributed by atoms with Crippen LogP contribution in [-0.2, 0) is 16.1 Å². The van der Waals surface area contributed by atoms with E-state index in [2.05, 4.69) is 46.6 Å². The van der Waals surface area contributed by atoms with Crippen LogP contribution >= 0.6 is 12.4 Å². The van der Waals surface area contributed by atoms with Gasteiger partial charge in [-0.3, -0.25) is 9.69 Å². The number of halogens is 1. The van der Waals surface area contributed by atoms with Crippen LogP contribution in [0.1, 0.15) is 76.0 Å². The molecule has 2 aromatic rings. The number of ether oxygens (including phenoxy) is 1. The Kier molecular flexibility index (Phi) is 8.58. The standard InChI is InChI=1S/C29H37N3O3.ClH/c1-20-17-27(30-29(34)35-25-7-6-8-25)26-18-24(13-14-28(26)32(20)21(2)33)23-11-9-22(10-12-23)19-31-15-4-3-5-16-31;/h9-14,18,20,25,27H,3-8,15-17,19H2,1-2H3,(H,30,34);1H/t20-,27+;/m0./s1. The first-order chi connectivity index (χ1) is 17.0. The molecule has 0 unspecified atom stereocenters. The lowest BCUT2D eigenvalue weighted by Crippen LogP contribution is -2.46. The number of fused-ring (bicyclic) bond motifs is 1. The summed E-state index contributed by atoms with van der Waals surface area (Å²) in [5.74, 6) is 0.0176. The first-order valence-electron chi connectivity index (χ1n) is 13.2. The van der Waals surface area contributed by atoms with Gasteiger partial charge in [-0.25, -0.2) is 4.79 Å². The second-order valence-corrected chi connectivity index (χ2v) is 10.4.